The van der Waals surface area contributed by atoms with Crippen LogP contribution in [0.1, 0.15) is 0 Å². The van der Waals surface area contributed by atoms with Crippen LogP contribution in [0.3, 0.4) is 0 Å². The molecule has 2 rings (SSSR count). The molecule has 0 saturated carbocycles. The summed E-state index contributed by atoms with van der Waals surface area (Å²) in [5, 5.41) is 3.15. The average Bonchev–Trinajstić information content (AvgIpc) is 2.31. The highest BCUT2D eigenvalue weighted by atomic mass is 79.9. The molecule has 3 nitrogen and oxygen atoms in total. The fraction of sp³-hybridized carbons (Fsp3) is 0.0833. The van der Waals surface area contributed by atoms with Gasteiger partial charge in [0.25, 0.3) is 0 Å². The predicted octanol–water partition coefficient (Wildman–Crippen LogP) is 5.14. The van der Waals surface area contributed by atoms with Crippen molar-refractivity contribution in [1.82, 2.24) is 4.98 Å². The molecular weight excluding hydrogens is 360 g/mol. The van der Waals surface area contributed by atoms with Crippen LogP contribution >= 0.6 is 27.5 Å². The Morgan fingerprint density at radius 1 is 1.25 bits per heavy atom. The highest BCUT2D eigenvalue weighted by Gasteiger charge is 2.31. The summed E-state index contributed by atoms with van der Waals surface area (Å²) in [5.74, 6) is 0.00904. The Bertz CT molecular complexity index is 622. The molecule has 1 N–H and O–H groups in total. The zero-order chi connectivity index (χ0) is 14.8. The number of rotatable bonds is 3. The lowest BCUT2D eigenvalue weighted by Gasteiger charge is -2.11. The highest BCUT2D eigenvalue weighted by Crippen LogP contribution is 2.29. The number of nitrogens with one attached hydrogen (secondary N) is 1. The lowest BCUT2D eigenvalue weighted by Crippen LogP contribution is -2.17. The van der Waals surface area contributed by atoms with Crippen molar-refractivity contribution in [1.29, 1.82) is 0 Å². The molecular formula is C12H7BrClF3N2O. The lowest BCUT2D eigenvalue weighted by molar-refractivity contribution is -0.274. The molecule has 0 atom stereocenters. The maximum absolute atomic E-state index is 12.1. The van der Waals surface area contributed by atoms with Crippen molar-refractivity contribution in [3.05, 3.63) is 46.0 Å². The number of alkyl halides is 3. The number of hydrogen-bond donors (Lipinski definition) is 1. The smallest absolute Gasteiger partial charge is 0.406 e. The molecule has 0 unspecified atom stereocenters. The monoisotopic (exact) mass is 366 g/mol. The minimum Gasteiger partial charge on any atom is -0.406 e. The normalized spacial score (nSPS) is 11.2. The van der Waals surface area contributed by atoms with E-state index in [9.17, 15) is 13.2 Å². The molecule has 8 heteroatoms. The van der Waals surface area contributed by atoms with Gasteiger partial charge >= 0.3 is 6.36 Å². The fourth-order valence-electron chi connectivity index (χ4n) is 1.41. The van der Waals surface area contributed by atoms with Crippen LogP contribution in [0.2, 0.25) is 5.02 Å². The number of halogens is 5. The fourth-order valence-corrected chi connectivity index (χ4v) is 2.09. The number of ether oxygens (including phenoxy) is 1. The minimum absolute atomic E-state index is 0.323. The van der Waals surface area contributed by atoms with Crippen LogP contribution in [-0.2, 0) is 0 Å². The van der Waals surface area contributed by atoms with E-state index in [1.54, 1.807) is 12.1 Å². The Morgan fingerprint density at radius 3 is 2.65 bits per heavy atom. The van der Waals surface area contributed by atoms with E-state index in [4.69, 9.17) is 11.6 Å². The van der Waals surface area contributed by atoms with Gasteiger partial charge in [0.2, 0.25) is 0 Å². The molecule has 1 heterocycles. The van der Waals surface area contributed by atoms with Gasteiger partial charge in [0.15, 0.2) is 0 Å². The molecule has 0 amide bonds. The molecule has 0 aliphatic carbocycles. The van der Waals surface area contributed by atoms with Gasteiger partial charge in [-0.05, 0) is 34.1 Å². The summed E-state index contributed by atoms with van der Waals surface area (Å²) >= 11 is 9.17. The van der Waals surface area contributed by atoms with Crippen molar-refractivity contribution in [2.24, 2.45) is 0 Å². The molecule has 106 valence electrons. The first-order valence-electron chi connectivity index (χ1n) is 5.27. The second-order valence-electron chi connectivity index (χ2n) is 3.68. The second kappa shape index (κ2) is 5.88. The van der Waals surface area contributed by atoms with E-state index in [2.05, 4.69) is 31.0 Å². The topological polar surface area (TPSA) is 34.1 Å². The molecule has 20 heavy (non-hydrogen) atoms. The Hall–Kier alpha value is -1.47. The van der Waals surface area contributed by atoms with Gasteiger partial charge in [-0.1, -0.05) is 17.7 Å². The molecule has 0 spiro atoms. The second-order valence-corrected chi connectivity index (χ2v) is 5.01. The van der Waals surface area contributed by atoms with Crippen LogP contribution in [0.25, 0.3) is 0 Å². The van der Waals surface area contributed by atoms with Crippen LogP contribution in [0.4, 0.5) is 24.7 Å². The predicted molar refractivity (Wildman–Crippen MR) is 73.4 cm³/mol. The van der Waals surface area contributed by atoms with E-state index in [1.807, 2.05) is 0 Å². The average molecular weight is 368 g/mol. The summed E-state index contributed by atoms with van der Waals surface area (Å²) in [7, 11) is 0. The summed E-state index contributed by atoms with van der Waals surface area (Å²) < 4.78 is 40.9. The standard InChI is InChI=1S/C12H7BrClF3N2O/c13-7-4-10(14)11(18-6-7)19-8-2-1-3-9(5-8)20-12(15,16)17/h1-6H,(H,18,19). The van der Waals surface area contributed by atoms with E-state index < -0.39 is 6.36 Å². The van der Waals surface area contributed by atoms with Crippen molar-refractivity contribution >= 4 is 39.0 Å². The molecule has 0 fully saturated rings. The first-order chi connectivity index (χ1) is 9.33. The number of pyridine rings is 1. The third-order valence-corrected chi connectivity index (χ3v) is 2.86. The zero-order valence-corrected chi connectivity index (χ0v) is 12.1. The van der Waals surface area contributed by atoms with Crippen molar-refractivity contribution in [2.75, 3.05) is 5.32 Å². The SMILES string of the molecule is FC(F)(F)Oc1cccc(Nc2ncc(Br)cc2Cl)c1. The molecule has 0 saturated heterocycles. The number of nitrogens with zero attached hydrogens (tertiary/aromatic N) is 1. The zero-order valence-electron chi connectivity index (χ0n) is 9.71. The molecule has 1 aromatic carbocycles. The van der Waals surface area contributed by atoms with Crippen molar-refractivity contribution in [2.45, 2.75) is 6.36 Å². The molecule has 0 bridgehead atoms. The Balaban J connectivity index is 2.19. The Labute approximate surface area is 125 Å². The van der Waals surface area contributed by atoms with Crippen LogP contribution in [-0.4, -0.2) is 11.3 Å². The molecule has 2 aromatic rings. The van der Waals surface area contributed by atoms with Gasteiger partial charge in [-0.15, -0.1) is 13.2 Å². The maximum Gasteiger partial charge on any atom is 0.573 e. The lowest BCUT2D eigenvalue weighted by atomic mass is 10.3. The van der Waals surface area contributed by atoms with Crippen LogP contribution in [0, 0.1) is 0 Å². The van der Waals surface area contributed by atoms with Gasteiger partial charge in [0.1, 0.15) is 11.6 Å². The largest absolute Gasteiger partial charge is 0.573 e. The molecule has 0 radical (unpaired) electrons. The van der Waals surface area contributed by atoms with Gasteiger partial charge in [-0.3, -0.25) is 0 Å². The number of hydrogen-bond acceptors (Lipinski definition) is 3. The first-order valence-corrected chi connectivity index (χ1v) is 6.44. The van der Waals surface area contributed by atoms with Gasteiger partial charge in [-0.25, -0.2) is 4.98 Å². The summed E-state index contributed by atoms with van der Waals surface area (Å²) in [6.45, 7) is 0. The van der Waals surface area contributed by atoms with Crippen molar-refractivity contribution in [3.8, 4) is 5.75 Å². The van der Waals surface area contributed by atoms with E-state index in [0.717, 1.165) is 0 Å². The summed E-state index contributed by atoms with van der Waals surface area (Å²) in [4.78, 5) is 4.02. The van der Waals surface area contributed by atoms with Gasteiger partial charge < -0.3 is 10.1 Å². The quantitative estimate of drug-likeness (QED) is 0.815. The van der Waals surface area contributed by atoms with E-state index >= 15 is 0 Å². The molecule has 0 aliphatic rings. The van der Waals surface area contributed by atoms with Gasteiger partial charge in [0, 0.05) is 22.4 Å². The number of anilines is 2. The van der Waals surface area contributed by atoms with Gasteiger partial charge in [0.05, 0.1) is 5.02 Å². The summed E-state index contributed by atoms with van der Waals surface area (Å²) in [6.07, 6.45) is -3.21. The Kier molecular flexibility index (Phi) is 4.39. The van der Waals surface area contributed by atoms with E-state index in [0.29, 0.717) is 21.0 Å². The maximum atomic E-state index is 12.1. The highest BCUT2D eigenvalue weighted by molar-refractivity contribution is 9.10. The van der Waals surface area contributed by atoms with E-state index in [1.165, 1.54) is 24.4 Å². The van der Waals surface area contributed by atoms with Crippen molar-refractivity contribution < 1.29 is 17.9 Å². The Morgan fingerprint density at radius 2 is 2.00 bits per heavy atom. The van der Waals surface area contributed by atoms with Gasteiger partial charge in [-0.2, -0.15) is 0 Å². The summed E-state index contributed by atoms with van der Waals surface area (Å²) in [6, 6.07) is 7.02. The molecule has 0 aliphatic heterocycles. The van der Waals surface area contributed by atoms with Crippen molar-refractivity contribution in [3.63, 3.8) is 0 Å². The van der Waals surface area contributed by atoms with Crippen LogP contribution in [0.15, 0.2) is 41.0 Å². The number of aromatic nitrogens is 1. The van der Waals surface area contributed by atoms with E-state index in [-0.39, 0.29) is 5.75 Å². The minimum atomic E-state index is -4.73. The first kappa shape index (κ1) is 14.9. The molecule has 1 aromatic heterocycles. The number of benzene rings is 1. The third-order valence-electron chi connectivity index (χ3n) is 2.14. The van der Waals surface area contributed by atoms with Crippen LogP contribution in [0.5, 0.6) is 5.75 Å². The summed E-state index contributed by atoms with van der Waals surface area (Å²) in [5.41, 5.74) is 0.378. The van der Waals surface area contributed by atoms with Crippen LogP contribution < -0.4 is 10.1 Å². The third kappa shape index (κ3) is 4.28.